The van der Waals surface area contributed by atoms with E-state index in [-0.39, 0.29) is 17.9 Å². The minimum absolute atomic E-state index is 0.0635. The molecule has 1 aromatic carbocycles. The number of benzene rings is 1. The van der Waals surface area contributed by atoms with Crippen LogP contribution in [0.2, 0.25) is 0 Å². The van der Waals surface area contributed by atoms with E-state index in [1.165, 1.54) is 23.5 Å². The molecule has 0 spiro atoms. The van der Waals surface area contributed by atoms with E-state index in [1.807, 2.05) is 0 Å². The number of hydrogen-bond donors (Lipinski definition) is 1. The number of rotatable bonds is 4. The zero-order valence-electron chi connectivity index (χ0n) is 12.4. The number of aryl methyl sites for hydroxylation is 2. The Bertz CT molecular complexity index is 728. The molecule has 0 aliphatic carbocycles. The topological polar surface area (TPSA) is 68.3 Å². The van der Waals surface area contributed by atoms with Crippen LogP contribution in [-0.2, 0) is 4.74 Å². The van der Waals surface area contributed by atoms with E-state index in [0.717, 1.165) is 0 Å². The number of hydrogen-bond acceptors (Lipinski definition) is 5. The van der Waals surface area contributed by atoms with Crippen LogP contribution in [0.25, 0.3) is 0 Å². The molecular weight excluding hydrogens is 307 g/mol. The van der Waals surface area contributed by atoms with E-state index >= 15 is 0 Å². The van der Waals surface area contributed by atoms with E-state index < -0.39 is 17.7 Å². The monoisotopic (exact) mass is 322 g/mol. The molecule has 1 amide bonds. The fourth-order valence-corrected chi connectivity index (χ4v) is 2.59. The van der Waals surface area contributed by atoms with Crippen LogP contribution in [0.4, 0.5) is 10.1 Å². The highest BCUT2D eigenvalue weighted by atomic mass is 32.1. The number of esters is 1. The van der Waals surface area contributed by atoms with E-state index in [4.69, 9.17) is 4.74 Å². The zero-order chi connectivity index (χ0) is 16.3. The summed E-state index contributed by atoms with van der Waals surface area (Å²) < 4.78 is 18.9. The number of carbonyl (C=O) groups is 2. The third kappa shape index (κ3) is 3.30. The highest BCUT2D eigenvalue weighted by Gasteiger charge is 2.18. The fraction of sp³-hybridized carbons (Fsp3) is 0.267. The third-order valence-electron chi connectivity index (χ3n) is 3.01. The molecule has 0 radical (unpaired) electrons. The highest BCUT2D eigenvalue weighted by Crippen LogP contribution is 2.22. The van der Waals surface area contributed by atoms with Crippen molar-refractivity contribution in [2.75, 3.05) is 11.9 Å². The molecule has 0 fully saturated rings. The van der Waals surface area contributed by atoms with Crippen molar-refractivity contribution in [1.82, 2.24) is 4.98 Å². The predicted octanol–water partition coefficient (Wildman–Crippen LogP) is 3.33. The van der Waals surface area contributed by atoms with Crippen molar-refractivity contribution in [2.45, 2.75) is 20.8 Å². The largest absolute Gasteiger partial charge is 0.462 e. The summed E-state index contributed by atoms with van der Waals surface area (Å²) in [4.78, 5) is 28.3. The van der Waals surface area contributed by atoms with Crippen LogP contribution in [-0.4, -0.2) is 23.5 Å². The fourth-order valence-electron chi connectivity index (χ4n) is 1.90. The van der Waals surface area contributed by atoms with E-state index in [1.54, 1.807) is 26.3 Å². The Morgan fingerprint density at radius 3 is 2.68 bits per heavy atom. The number of halogens is 1. The summed E-state index contributed by atoms with van der Waals surface area (Å²) in [5.41, 5.74) is 2.72. The maximum atomic E-state index is 14.0. The summed E-state index contributed by atoms with van der Waals surface area (Å²) >= 11 is 1.17. The Labute approximate surface area is 131 Å². The Morgan fingerprint density at radius 2 is 2.09 bits per heavy atom. The molecule has 1 heterocycles. The minimum atomic E-state index is -0.610. The molecule has 5 nitrogen and oxygen atoms in total. The molecule has 0 saturated heterocycles. The zero-order valence-corrected chi connectivity index (χ0v) is 13.2. The van der Waals surface area contributed by atoms with Crippen LogP contribution in [0.5, 0.6) is 0 Å². The molecule has 0 unspecified atom stereocenters. The Morgan fingerprint density at radius 1 is 1.36 bits per heavy atom. The van der Waals surface area contributed by atoms with Gasteiger partial charge >= 0.3 is 5.97 Å². The van der Waals surface area contributed by atoms with Gasteiger partial charge in [-0.3, -0.25) is 4.79 Å². The smallest absolute Gasteiger partial charge is 0.338 e. The van der Waals surface area contributed by atoms with Crippen LogP contribution in [0.1, 0.15) is 38.2 Å². The molecule has 0 atom stereocenters. The van der Waals surface area contributed by atoms with Crippen molar-refractivity contribution < 1.29 is 18.7 Å². The molecular formula is C15H15FN2O3S. The maximum Gasteiger partial charge on any atom is 0.338 e. The van der Waals surface area contributed by atoms with Gasteiger partial charge in [-0.1, -0.05) is 0 Å². The predicted molar refractivity (Wildman–Crippen MR) is 81.9 cm³/mol. The van der Waals surface area contributed by atoms with Gasteiger partial charge in [0.1, 0.15) is 10.7 Å². The molecule has 0 bridgehead atoms. The van der Waals surface area contributed by atoms with E-state index in [2.05, 4.69) is 10.3 Å². The van der Waals surface area contributed by atoms with Crippen molar-refractivity contribution >= 4 is 28.9 Å². The van der Waals surface area contributed by atoms with Gasteiger partial charge < -0.3 is 10.1 Å². The lowest BCUT2D eigenvalue weighted by Gasteiger charge is -2.10. The summed E-state index contributed by atoms with van der Waals surface area (Å²) in [6.45, 7) is 5.21. The van der Waals surface area contributed by atoms with Crippen molar-refractivity contribution in [2.24, 2.45) is 0 Å². The lowest BCUT2D eigenvalue weighted by atomic mass is 10.1. The van der Waals surface area contributed by atoms with Crippen LogP contribution in [0, 0.1) is 19.7 Å². The van der Waals surface area contributed by atoms with E-state index in [9.17, 15) is 14.0 Å². The standard InChI is InChI=1S/C15H15FN2O3S/c1-4-21-15(20)10-6-12(11(16)5-8(10)2)18-14(19)13-9(3)17-7-22-13/h5-7H,4H2,1-3H3,(H,18,19). The lowest BCUT2D eigenvalue weighted by molar-refractivity contribution is 0.0525. The lowest BCUT2D eigenvalue weighted by Crippen LogP contribution is -2.15. The summed E-state index contributed by atoms with van der Waals surface area (Å²) in [6, 6.07) is 2.48. The quantitative estimate of drug-likeness (QED) is 0.877. The molecule has 0 aliphatic rings. The molecule has 0 saturated carbocycles. The third-order valence-corrected chi connectivity index (χ3v) is 3.94. The number of nitrogens with zero attached hydrogens (tertiary/aromatic N) is 1. The number of anilines is 1. The van der Waals surface area contributed by atoms with Gasteiger partial charge in [0, 0.05) is 0 Å². The van der Waals surface area contributed by atoms with E-state index in [0.29, 0.717) is 16.1 Å². The highest BCUT2D eigenvalue weighted by molar-refractivity contribution is 7.12. The normalized spacial score (nSPS) is 10.4. The minimum Gasteiger partial charge on any atom is -0.462 e. The van der Waals surface area contributed by atoms with Crippen LogP contribution in [0.15, 0.2) is 17.6 Å². The van der Waals surface area contributed by atoms with Crippen molar-refractivity contribution in [1.29, 1.82) is 0 Å². The molecule has 2 aromatic rings. The van der Waals surface area contributed by atoms with Gasteiger partial charge in [0.2, 0.25) is 0 Å². The maximum absolute atomic E-state index is 14.0. The first-order valence-electron chi connectivity index (χ1n) is 6.62. The van der Waals surface area contributed by atoms with Gasteiger partial charge in [0.15, 0.2) is 0 Å². The summed E-state index contributed by atoms with van der Waals surface area (Å²) in [6.07, 6.45) is 0. The first-order chi connectivity index (χ1) is 10.4. The van der Waals surface area contributed by atoms with Crippen LogP contribution < -0.4 is 5.32 Å². The molecule has 116 valence electrons. The second-order valence-corrected chi connectivity index (χ2v) is 5.44. The summed E-state index contributed by atoms with van der Waals surface area (Å²) in [5.74, 6) is -1.62. The van der Waals surface area contributed by atoms with Crippen LogP contribution in [0.3, 0.4) is 0 Å². The molecule has 1 aromatic heterocycles. The summed E-state index contributed by atoms with van der Waals surface area (Å²) in [7, 11) is 0. The number of amides is 1. The average molecular weight is 322 g/mol. The number of aromatic nitrogens is 1. The van der Waals surface area contributed by atoms with Gasteiger partial charge in [-0.2, -0.15) is 0 Å². The molecule has 1 N–H and O–H groups in total. The second kappa shape index (κ2) is 6.65. The van der Waals surface area contributed by atoms with Gasteiger partial charge in [-0.05, 0) is 38.5 Å². The SMILES string of the molecule is CCOC(=O)c1cc(NC(=O)c2scnc2C)c(F)cc1C. The molecule has 22 heavy (non-hydrogen) atoms. The molecule has 7 heteroatoms. The Kier molecular flexibility index (Phi) is 4.87. The summed E-state index contributed by atoms with van der Waals surface area (Å²) in [5, 5.41) is 2.47. The average Bonchev–Trinajstić information content (AvgIpc) is 2.88. The first kappa shape index (κ1) is 16.1. The van der Waals surface area contributed by atoms with Crippen molar-refractivity contribution in [3.8, 4) is 0 Å². The Balaban J connectivity index is 2.31. The number of carbonyl (C=O) groups excluding carboxylic acids is 2. The number of thiazole rings is 1. The van der Waals surface area contributed by atoms with Gasteiger partial charge in [-0.25, -0.2) is 14.2 Å². The number of nitrogens with one attached hydrogen (secondary N) is 1. The first-order valence-corrected chi connectivity index (χ1v) is 7.50. The van der Waals surface area contributed by atoms with Gasteiger partial charge in [0.25, 0.3) is 5.91 Å². The Hall–Kier alpha value is -2.28. The van der Waals surface area contributed by atoms with Crippen molar-refractivity contribution in [3.05, 3.63) is 45.2 Å². The molecule has 0 aliphatic heterocycles. The van der Waals surface area contributed by atoms with Gasteiger partial charge in [-0.15, -0.1) is 11.3 Å². The van der Waals surface area contributed by atoms with Gasteiger partial charge in [0.05, 0.1) is 29.1 Å². The van der Waals surface area contributed by atoms with Crippen LogP contribution >= 0.6 is 11.3 Å². The second-order valence-electron chi connectivity index (χ2n) is 4.59. The molecule has 2 rings (SSSR count). The number of ether oxygens (including phenoxy) is 1. The van der Waals surface area contributed by atoms with Crippen molar-refractivity contribution in [3.63, 3.8) is 0 Å².